The first kappa shape index (κ1) is 17.0. The van der Waals surface area contributed by atoms with Crippen LogP contribution in [0.1, 0.15) is 73.6 Å². The second-order valence-electron chi connectivity index (χ2n) is 6.21. The summed E-state index contributed by atoms with van der Waals surface area (Å²) >= 11 is 0. The van der Waals surface area contributed by atoms with Crippen molar-refractivity contribution in [2.24, 2.45) is 17.3 Å². The Labute approximate surface area is 110 Å². The van der Waals surface area contributed by atoms with Crippen molar-refractivity contribution in [1.29, 1.82) is 0 Å². The van der Waals surface area contributed by atoms with Crippen molar-refractivity contribution in [2.45, 2.75) is 73.6 Å². The maximum absolute atomic E-state index is 3.56. The molecule has 0 saturated heterocycles. The SMILES string of the molecule is CCCCC(CC)CC(C)(CNCC)C(C)C. The molecule has 104 valence electrons. The quantitative estimate of drug-likeness (QED) is 0.575. The van der Waals surface area contributed by atoms with Gasteiger partial charge in [-0.05, 0) is 30.2 Å². The van der Waals surface area contributed by atoms with Gasteiger partial charge < -0.3 is 5.32 Å². The molecule has 1 nitrogen and oxygen atoms in total. The van der Waals surface area contributed by atoms with E-state index < -0.39 is 0 Å². The summed E-state index contributed by atoms with van der Waals surface area (Å²) in [5, 5.41) is 3.56. The summed E-state index contributed by atoms with van der Waals surface area (Å²) < 4.78 is 0. The lowest BCUT2D eigenvalue weighted by Gasteiger charge is -2.37. The Kier molecular flexibility index (Phi) is 8.94. The van der Waals surface area contributed by atoms with Crippen LogP contribution in [0.3, 0.4) is 0 Å². The summed E-state index contributed by atoms with van der Waals surface area (Å²) in [6, 6.07) is 0. The lowest BCUT2D eigenvalue weighted by molar-refractivity contribution is 0.150. The van der Waals surface area contributed by atoms with Crippen LogP contribution in [0.15, 0.2) is 0 Å². The van der Waals surface area contributed by atoms with E-state index in [4.69, 9.17) is 0 Å². The van der Waals surface area contributed by atoms with Gasteiger partial charge in [-0.25, -0.2) is 0 Å². The van der Waals surface area contributed by atoms with Gasteiger partial charge in [-0.15, -0.1) is 0 Å². The molecule has 0 heterocycles. The highest BCUT2D eigenvalue weighted by Crippen LogP contribution is 2.36. The van der Waals surface area contributed by atoms with Crippen LogP contribution in [0.2, 0.25) is 0 Å². The Balaban J connectivity index is 4.37. The van der Waals surface area contributed by atoms with Crippen LogP contribution in [0.5, 0.6) is 0 Å². The molecule has 0 spiro atoms. The Bertz CT molecular complexity index is 176. The lowest BCUT2D eigenvalue weighted by atomic mass is 9.71. The van der Waals surface area contributed by atoms with Crippen molar-refractivity contribution in [2.75, 3.05) is 13.1 Å². The van der Waals surface area contributed by atoms with Crippen molar-refractivity contribution in [3.05, 3.63) is 0 Å². The van der Waals surface area contributed by atoms with Crippen molar-refractivity contribution >= 4 is 0 Å². The standard InChI is InChI=1S/C16H35N/c1-7-10-11-15(8-2)12-16(6,14(4)5)13-17-9-3/h14-15,17H,7-13H2,1-6H3. The van der Waals surface area contributed by atoms with Crippen LogP contribution in [0.4, 0.5) is 0 Å². The number of rotatable bonds is 10. The summed E-state index contributed by atoms with van der Waals surface area (Å²) in [5.74, 6) is 1.68. The zero-order valence-corrected chi connectivity index (χ0v) is 13.1. The molecule has 0 aromatic rings. The first-order valence-electron chi connectivity index (χ1n) is 7.70. The molecular formula is C16H35N. The minimum Gasteiger partial charge on any atom is -0.316 e. The highest BCUT2D eigenvalue weighted by atomic mass is 14.9. The lowest BCUT2D eigenvalue weighted by Crippen LogP contribution is -2.37. The van der Waals surface area contributed by atoms with Gasteiger partial charge in [0.15, 0.2) is 0 Å². The third-order valence-corrected chi connectivity index (χ3v) is 4.47. The second-order valence-corrected chi connectivity index (χ2v) is 6.21. The molecule has 0 aromatic heterocycles. The van der Waals surface area contributed by atoms with Gasteiger partial charge in [-0.2, -0.15) is 0 Å². The monoisotopic (exact) mass is 241 g/mol. The molecule has 2 unspecified atom stereocenters. The van der Waals surface area contributed by atoms with Gasteiger partial charge in [0.1, 0.15) is 0 Å². The van der Waals surface area contributed by atoms with Gasteiger partial charge in [0, 0.05) is 6.54 Å². The number of unbranched alkanes of at least 4 members (excludes halogenated alkanes) is 1. The van der Waals surface area contributed by atoms with Crippen LogP contribution in [-0.4, -0.2) is 13.1 Å². The normalized spacial score (nSPS) is 17.1. The number of nitrogens with one attached hydrogen (secondary N) is 1. The van der Waals surface area contributed by atoms with Crippen LogP contribution < -0.4 is 5.32 Å². The predicted octanol–water partition coefficient (Wildman–Crippen LogP) is 4.86. The van der Waals surface area contributed by atoms with Gasteiger partial charge in [0.05, 0.1) is 0 Å². The molecule has 0 amide bonds. The molecular weight excluding hydrogens is 206 g/mol. The zero-order valence-electron chi connectivity index (χ0n) is 13.1. The molecule has 0 radical (unpaired) electrons. The fourth-order valence-corrected chi connectivity index (χ4v) is 2.53. The Morgan fingerprint density at radius 3 is 2.18 bits per heavy atom. The van der Waals surface area contributed by atoms with E-state index in [0.717, 1.165) is 18.4 Å². The molecule has 0 aliphatic carbocycles. The molecule has 1 heteroatoms. The van der Waals surface area contributed by atoms with Gasteiger partial charge in [-0.1, -0.05) is 67.2 Å². The summed E-state index contributed by atoms with van der Waals surface area (Å²) in [4.78, 5) is 0. The van der Waals surface area contributed by atoms with Gasteiger partial charge >= 0.3 is 0 Å². The van der Waals surface area contributed by atoms with Gasteiger partial charge in [0.2, 0.25) is 0 Å². The zero-order chi connectivity index (χ0) is 13.3. The summed E-state index contributed by atoms with van der Waals surface area (Å²) in [6.07, 6.45) is 6.88. The van der Waals surface area contributed by atoms with E-state index in [1.54, 1.807) is 0 Å². The third-order valence-electron chi connectivity index (χ3n) is 4.47. The van der Waals surface area contributed by atoms with Gasteiger partial charge in [0.25, 0.3) is 0 Å². The first-order valence-corrected chi connectivity index (χ1v) is 7.70. The average Bonchev–Trinajstić information content (AvgIpc) is 2.31. The van der Waals surface area contributed by atoms with E-state index in [-0.39, 0.29) is 0 Å². The van der Waals surface area contributed by atoms with Crippen molar-refractivity contribution < 1.29 is 0 Å². The third kappa shape index (κ3) is 6.45. The van der Waals surface area contributed by atoms with E-state index in [1.807, 2.05) is 0 Å². The molecule has 2 atom stereocenters. The maximum Gasteiger partial charge on any atom is 0.000760 e. The maximum atomic E-state index is 3.56. The summed E-state index contributed by atoms with van der Waals surface area (Å²) in [6.45, 7) is 16.3. The van der Waals surface area contributed by atoms with E-state index in [9.17, 15) is 0 Å². The van der Waals surface area contributed by atoms with E-state index in [0.29, 0.717) is 5.41 Å². The molecule has 0 aromatic carbocycles. The molecule has 17 heavy (non-hydrogen) atoms. The molecule has 0 aliphatic rings. The molecule has 0 aliphatic heterocycles. The van der Waals surface area contributed by atoms with Crippen LogP contribution in [0.25, 0.3) is 0 Å². The largest absolute Gasteiger partial charge is 0.316 e. The summed E-state index contributed by atoms with van der Waals surface area (Å²) in [7, 11) is 0. The van der Waals surface area contributed by atoms with Crippen LogP contribution in [-0.2, 0) is 0 Å². The molecule has 0 saturated carbocycles. The molecule has 0 rings (SSSR count). The second kappa shape index (κ2) is 8.97. The average molecular weight is 241 g/mol. The molecule has 0 bridgehead atoms. The van der Waals surface area contributed by atoms with Crippen molar-refractivity contribution in [1.82, 2.24) is 5.32 Å². The van der Waals surface area contributed by atoms with Crippen molar-refractivity contribution in [3.8, 4) is 0 Å². The topological polar surface area (TPSA) is 12.0 Å². The van der Waals surface area contributed by atoms with E-state index in [2.05, 4.69) is 46.9 Å². The Morgan fingerprint density at radius 2 is 1.76 bits per heavy atom. The highest BCUT2D eigenvalue weighted by Gasteiger charge is 2.30. The fraction of sp³-hybridized carbons (Fsp3) is 1.00. The van der Waals surface area contributed by atoms with Crippen LogP contribution in [0, 0.1) is 17.3 Å². The predicted molar refractivity (Wildman–Crippen MR) is 79.4 cm³/mol. The molecule has 1 N–H and O–H groups in total. The van der Waals surface area contributed by atoms with E-state index in [1.165, 1.54) is 38.6 Å². The van der Waals surface area contributed by atoms with E-state index >= 15 is 0 Å². The first-order chi connectivity index (χ1) is 8.00. The fourth-order valence-electron chi connectivity index (χ4n) is 2.53. The van der Waals surface area contributed by atoms with Gasteiger partial charge in [-0.3, -0.25) is 0 Å². The summed E-state index contributed by atoms with van der Waals surface area (Å²) in [5.41, 5.74) is 0.463. The smallest absolute Gasteiger partial charge is 0.000760 e. The Hall–Kier alpha value is -0.0400. The van der Waals surface area contributed by atoms with Crippen LogP contribution >= 0.6 is 0 Å². The molecule has 0 fully saturated rings. The number of hydrogen-bond acceptors (Lipinski definition) is 1. The van der Waals surface area contributed by atoms with Crippen molar-refractivity contribution in [3.63, 3.8) is 0 Å². The minimum absolute atomic E-state index is 0.463. The Morgan fingerprint density at radius 1 is 1.12 bits per heavy atom. The minimum atomic E-state index is 0.463. The number of hydrogen-bond donors (Lipinski definition) is 1. The highest BCUT2D eigenvalue weighted by molar-refractivity contribution is 4.82.